The Balaban J connectivity index is 1.66. The number of nitrogens with zero attached hydrogens (tertiary/aromatic N) is 1. The van der Waals surface area contributed by atoms with E-state index in [2.05, 4.69) is 15.3 Å². The quantitative estimate of drug-likeness (QED) is 0.480. The van der Waals surface area contributed by atoms with E-state index in [4.69, 9.17) is 0 Å². The van der Waals surface area contributed by atoms with Crippen molar-refractivity contribution in [1.82, 2.24) is 5.43 Å². The van der Waals surface area contributed by atoms with Crippen LogP contribution in [0.5, 0.6) is 5.75 Å². The van der Waals surface area contributed by atoms with Crippen LogP contribution in [0.25, 0.3) is 10.4 Å². The van der Waals surface area contributed by atoms with Crippen molar-refractivity contribution in [2.45, 2.75) is 6.61 Å². The number of carbonyl (C=O) groups is 1. The molecule has 8 heteroatoms. The third-order valence-electron chi connectivity index (χ3n) is 3.46. The molecule has 0 unspecified atom stereocenters. The molecule has 0 fully saturated rings. The predicted octanol–water partition coefficient (Wildman–Crippen LogP) is 4.92. The lowest BCUT2D eigenvalue weighted by molar-refractivity contribution is -0.0499. The lowest BCUT2D eigenvalue weighted by Crippen LogP contribution is -2.16. The Morgan fingerprint density at radius 2 is 1.81 bits per heavy atom. The summed E-state index contributed by atoms with van der Waals surface area (Å²) in [5.41, 5.74) is 3.44. The molecule has 1 amide bonds. The fraction of sp³-hybridized carbons (Fsp3) is 0.0526. The molecule has 138 valence electrons. The number of rotatable bonds is 6. The summed E-state index contributed by atoms with van der Waals surface area (Å²) in [5.74, 6) is -0.823. The van der Waals surface area contributed by atoms with Crippen LogP contribution in [0.1, 0.15) is 15.2 Å². The van der Waals surface area contributed by atoms with Gasteiger partial charge in [-0.3, -0.25) is 4.79 Å². The summed E-state index contributed by atoms with van der Waals surface area (Å²) in [7, 11) is 0. The first kappa shape index (κ1) is 18.7. The Morgan fingerprint density at radius 3 is 2.56 bits per heavy atom. The first-order chi connectivity index (χ1) is 13.0. The van der Waals surface area contributed by atoms with E-state index < -0.39 is 12.5 Å². The molecule has 0 aliphatic carbocycles. The van der Waals surface area contributed by atoms with Crippen LogP contribution in [0.2, 0.25) is 0 Å². The molecular formula is C19H13F3N2O2S. The van der Waals surface area contributed by atoms with E-state index in [1.807, 2.05) is 0 Å². The van der Waals surface area contributed by atoms with E-state index in [9.17, 15) is 18.0 Å². The summed E-state index contributed by atoms with van der Waals surface area (Å²) in [6, 6.07) is 15.4. The summed E-state index contributed by atoms with van der Waals surface area (Å²) in [6.07, 6.45) is 1.23. The SMILES string of the molecule is O=C(N/N=C\c1ccccc1OC(F)F)c1ccc(-c2ccc(F)cc2)s1. The Morgan fingerprint density at radius 1 is 1.07 bits per heavy atom. The van der Waals surface area contributed by atoms with Crippen LogP contribution in [0.4, 0.5) is 13.2 Å². The van der Waals surface area contributed by atoms with Crippen LogP contribution < -0.4 is 10.2 Å². The van der Waals surface area contributed by atoms with E-state index in [1.165, 1.54) is 41.8 Å². The normalized spacial score (nSPS) is 11.1. The second kappa shape index (κ2) is 8.50. The Labute approximate surface area is 156 Å². The highest BCUT2D eigenvalue weighted by molar-refractivity contribution is 7.17. The molecule has 0 bridgehead atoms. The van der Waals surface area contributed by atoms with Crippen molar-refractivity contribution < 1.29 is 22.7 Å². The van der Waals surface area contributed by atoms with Gasteiger partial charge in [-0.2, -0.15) is 13.9 Å². The van der Waals surface area contributed by atoms with Crippen LogP contribution in [0, 0.1) is 5.82 Å². The van der Waals surface area contributed by atoms with Crippen molar-refractivity contribution >= 4 is 23.5 Å². The van der Waals surface area contributed by atoms with Crippen molar-refractivity contribution in [3.05, 3.63) is 76.9 Å². The van der Waals surface area contributed by atoms with E-state index in [0.29, 0.717) is 10.4 Å². The zero-order valence-corrected chi connectivity index (χ0v) is 14.6. The van der Waals surface area contributed by atoms with E-state index in [1.54, 1.807) is 36.4 Å². The van der Waals surface area contributed by atoms with Crippen LogP contribution in [-0.4, -0.2) is 18.7 Å². The lowest BCUT2D eigenvalue weighted by Gasteiger charge is -2.06. The van der Waals surface area contributed by atoms with E-state index >= 15 is 0 Å². The molecule has 3 aromatic rings. The van der Waals surface area contributed by atoms with Gasteiger partial charge in [0.25, 0.3) is 5.91 Å². The molecule has 27 heavy (non-hydrogen) atoms. The molecule has 3 rings (SSSR count). The Kier molecular flexibility index (Phi) is 5.87. The van der Waals surface area contributed by atoms with Gasteiger partial charge in [0.2, 0.25) is 0 Å². The molecule has 4 nitrogen and oxygen atoms in total. The zero-order valence-electron chi connectivity index (χ0n) is 13.7. The third-order valence-corrected chi connectivity index (χ3v) is 4.60. The van der Waals surface area contributed by atoms with Gasteiger partial charge in [-0.25, -0.2) is 9.82 Å². The smallest absolute Gasteiger partial charge is 0.387 e. The number of benzene rings is 2. The first-order valence-corrected chi connectivity index (χ1v) is 8.57. The summed E-state index contributed by atoms with van der Waals surface area (Å²) < 4.78 is 42.1. The summed E-state index contributed by atoms with van der Waals surface area (Å²) in [6.45, 7) is -2.95. The van der Waals surface area contributed by atoms with E-state index in [-0.39, 0.29) is 11.6 Å². The van der Waals surface area contributed by atoms with Gasteiger partial charge in [0, 0.05) is 10.4 Å². The largest absolute Gasteiger partial charge is 0.434 e. The topological polar surface area (TPSA) is 50.7 Å². The highest BCUT2D eigenvalue weighted by atomic mass is 32.1. The molecule has 0 radical (unpaired) electrons. The van der Waals surface area contributed by atoms with Gasteiger partial charge < -0.3 is 4.74 Å². The van der Waals surface area contributed by atoms with Crippen LogP contribution in [0.3, 0.4) is 0 Å². The average Bonchev–Trinajstić information content (AvgIpc) is 3.13. The van der Waals surface area contributed by atoms with Gasteiger partial charge in [0.05, 0.1) is 11.1 Å². The predicted molar refractivity (Wildman–Crippen MR) is 97.8 cm³/mol. The number of hydrazone groups is 1. The monoisotopic (exact) mass is 390 g/mol. The molecule has 0 atom stereocenters. The molecule has 0 spiro atoms. The number of amides is 1. The van der Waals surface area contributed by atoms with Crippen LogP contribution >= 0.6 is 11.3 Å². The highest BCUT2D eigenvalue weighted by Gasteiger charge is 2.10. The van der Waals surface area contributed by atoms with Crippen LogP contribution in [0.15, 0.2) is 65.8 Å². The maximum atomic E-state index is 13.0. The maximum Gasteiger partial charge on any atom is 0.387 e. The second-order valence-corrected chi connectivity index (χ2v) is 6.37. The fourth-order valence-corrected chi connectivity index (χ4v) is 3.14. The number of para-hydroxylation sites is 1. The summed E-state index contributed by atoms with van der Waals surface area (Å²) >= 11 is 1.23. The number of nitrogens with one attached hydrogen (secondary N) is 1. The minimum atomic E-state index is -2.95. The Hall–Kier alpha value is -3.13. The highest BCUT2D eigenvalue weighted by Crippen LogP contribution is 2.28. The van der Waals surface area contributed by atoms with Crippen molar-refractivity contribution in [2.24, 2.45) is 5.10 Å². The molecule has 1 N–H and O–H groups in total. The van der Waals surface area contributed by atoms with Gasteiger partial charge in [-0.15, -0.1) is 11.3 Å². The second-order valence-electron chi connectivity index (χ2n) is 5.29. The fourth-order valence-electron chi connectivity index (χ4n) is 2.24. The minimum absolute atomic E-state index is 0.0415. The van der Waals surface area contributed by atoms with Gasteiger partial charge in [-0.1, -0.05) is 24.3 Å². The van der Waals surface area contributed by atoms with Gasteiger partial charge in [0.15, 0.2) is 0 Å². The van der Waals surface area contributed by atoms with Crippen LogP contribution in [-0.2, 0) is 0 Å². The standard InChI is InChI=1S/C19H13F3N2O2S/c20-14-7-5-12(6-8-14)16-9-10-17(27-16)18(25)24-23-11-13-3-1-2-4-15(13)26-19(21)22/h1-11,19H,(H,24,25)/b23-11-. The minimum Gasteiger partial charge on any atom is -0.434 e. The van der Waals surface area contributed by atoms with Gasteiger partial charge in [0.1, 0.15) is 11.6 Å². The summed E-state index contributed by atoms with van der Waals surface area (Å²) in [5, 5.41) is 3.79. The van der Waals surface area contributed by atoms with Crippen molar-refractivity contribution in [3.8, 4) is 16.2 Å². The third kappa shape index (κ3) is 4.95. The Bertz CT molecular complexity index is 956. The number of ether oxygens (including phenoxy) is 1. The molecule has 0 saturated heterocycles. The molecule has 0 aliphatic rings. The molecule has 1 aromatic heterocycles. The first-order valence-electron chi connectivity index (χ1n) is 7.76. The lowest BCUT2D eigenvalue weighted by atomic mass is 10.2. The number of hydrogen-bond donors (Lipinski definition) is 1. The van der Waals surface area contributed by atoms with E-state index in [0.717, 1.165) is 10.4 Å². The molecule has 0 aliphatic heterocycles. The number of alkyl halides is 2. The van der Waals surface area contributed by atoms with Crippen molar-refractivity contribution in [2.75, 3.05) is 0 Å². The average molecular weight is 390 g/mol. The molecule has 1 heterocycles. The number of halogens is 3. The van der Waals surface area contributed by atoms with Crippen molar-refractivity contribution in [3.63, 3.8) is 0 Å². The maximum absolute atomic E-state index is 13.0. The molecule has 0 saturated carbocycles. The van der Waals surface area contributed by atoms with Gasteiger partial charge in [-0.05, 0) is 42.0 Å². The zero-order chi connectivity index (χ0) is 19.2. The molecular weight excluding hydrogens is 377 g/mol. The molecule has 2 aromatic carbocycles. The summed E-state index contributed by atoms with van der Waals surface area (Å²) in [4.78, 5) is 13.4. The van der Waals surface area contributed by atoms with Gasteiger partial charge >= 0.3 is 6.61 Å². The van der Waals surface area contributed by atoms with Crippen molar-refractivity contribution in [1.29, 1.82) is 0 Å². The number of thiophene rings is 1. The number of hydrogen-bond acceptors (Lipinski definition) is 4. The number of carbonyl (C=O) groups excluding carboxylic acids is 1.